The van der Waals surface area contributed by atoms with E-state index in [4.69, 9.17) is 4.74 Å². The van der Waals surface area contributed by atoms with Gasteiger partial charge in [-0.05, 0) is 70.6 Å². The smallest absolute Gasteiger partial charge is 0.305 e. The number of rotatable bonds is 45. The Hall–Kier alpha value is -2.18. The summed E-state index contributed by atoms with van der Waals surface area (Å²) in [7, 11) is 0. The van der Waals surface area contributed by atoms with Gasteiger partial charge in [-0.1, -0.05) is 210 Å². The number of carbonyl (C=O) groups is 2. The molecule has 0 radical (unpaired) electrons. The molecule has 0 saturated heterocycles. The van der Waals surface area contributed by atoms with E-state index in [0.29, 0.717) is 32.3 Å². The van der Waals surface area contributed by atoms with Crippen molar-refractivity contribution in [3.8, 4) is 0 Å². The van der Waals surface area contributed by atoms with Crippen LogP contribution in [0.3, 0.4) is 0 Å². The Kier molecular flexibility index (Phi) is 45.7. The van der Waals surface area contributed by atoms with Gasteiger partial charge in [0.25, 0.3) is 0 Å². The van der Waals surface area contributed by atoms with Crippen LogP contribution < -0.4 is 5.32 Å². The quantitative estimate of drug-likeness (QED) is 0.0323. The number of aliphatic hydroxyl groups excluding tert-OH is 2. The summed E-state index contributed by atoms with van der Waals surface area (Å²) in [6, 6.07) is -0.586. The summed E-state index contributed by atoms with van der Waals surface area (Å²) in [5.74, 6) is -0.150. The van der Waals surface area contributed by atoms with Gasteiger partial charge in [0.1, 0.15) is 0 Å². The first kappa shape index (κ1) is 55.8. The Bertz CT molecular complexity index is 988. The standard InChI is InChI=1S/C52H95NO5/c1-3-5-7-9-11-13-15-17-20-24-28-32-36-40-44-50(55)49(48-54)53-51(56)45-41-37-33-29-25-21-19-23-27-31-35-39-43-47-58-52(57)46-42-38-34-30-26-22-18-16-14-12-10-8-6-4-2/h10,12,16,18,21,25,33,37,49-50,54-55H,3-9,11,13-15,17,19-20,22-24,26-32,34-36,38-48H2,1-2H3,(H,53,56)/b12-10-,18-16-,25-21-,37-33-. The molecule has 0 aromatic carbocycles. The minimum absolute atomic E-state index is 0.0325. The Labute approximate surface area is 359 Å². The van der Waals surface area contributed by atoms with E-state index in [1.165, 1.54) is 141 Å². The molecule has 6 heteroatoms. The van der Waals surface area contributed by atoms with E-state index in [-0.39, 0.29) is 18.5 Å². The topological polar surface area (TPSA) is 95.9 Å². The fourth-order valence-electron chi connectivity index (χ4n) is 7.23. The van der Waals surface area contributed by atoms with E-state index in [2.05, 4.69) is 61.7 Å². The molecule has 0 saturated carbocycles. The Balaban J connectivity index is 3.58. The molecule has 0 aliphatic rings. The van der Waals surface area contributed by atoms with Crippen LogP contribution in [0.5, 0.6) is 0 Å². The molecule has 0 heterocycles. The number of allylic oxidation sites excluding steroid dienone is 8. The molecular formula is C52H95NO5. The highest BCUT2D eigenvalue weighted by Gasteiger charge is 2.19. The number of nitrogens with one attached hydrogen (secondary N) is 1. The van der Waals surface area contributed by atoms with Crippen molar-refractivity contribution in [2.45, 2.75) is 257 Å². The molecule has 6 nitrogen and oxygen atoms in total. The van der Waals surface area contributed by atoms with Gasteiger partial charge < -0.3 is 20.3 Å². The Morgan fingerprint density at radius 2 is 0.897 bits per heavy atom. The predicted octanol–water partition coefficient (Wildman–Crippen LogP) is 14.7. The zero-order valence-corrected chi connectivity index (χ0v) is 38.3. The number of unbranched alkanes of at least 4 members (excludes halogenated alkanes) is 26. The molecule has 0 spiro atoms. The van der Waals surface area contributed by atoms with E-state index in [0.717, 1.165) is 64.2 Å². The first-order chi connectivity index (χ1) is 28.5. The molecule has 0 aromatic heterocycles. The van der Waals surface area contributed by atoms with Crippen molar-refractivity contribution in [2.24, 2.45) is 0 Å². The first-order valence-electron chi connectivity index (χ1n) is 24.9. The number of amides is 1. The molecule has 0 aromatic rings. The number of ether oxygens (including phenoxy) is 1. The van der Waals surface area contributed by atoms with Gasteiger partial charge in [-0.2, -0.15) is 0 Å². The van der Waals surface area contributed by atoms with Gasteiger partial charge >= 0.3 is 5.97 Å². The molecule has 3 N–H and O–H groups in total. The summed E-state index contributed by atoms with van der Waals surface area (Å²) in [5, 5.41) is 23.1. The third-order valence-electron chi connectivity index (χ3n) is 11.1. The maximum Gasteiger partial charge on any atom is 0.305 e. The predicted molar refractivity (Wildman–Crippen MR) is 250 cm³/mol. The van der Waals surface area contributed by atoms with Crippen LogP contribution in [-0.4, -0.2) is 47.4 Å². The molecule has 58 heavy (non-hydrogen) atoms. The molecule has 0 aliphatic carbocycles. The van der Waals surface area contributed by atoms with Crippen LogP contribution in [0.1, 0.15) is 245 Å². The summed E-state index contributed by atoms with van der Waals surface area (Å²) in [6.07, 6.45) is 58.0. The third kappa shape index (κ3) is 43.4. The summed E-state index contributed by atoms with van der Waals surface area (Å²) >= 11 is 0. The summed E-state index contributed by atoms with van der Waals surface area (Å²) in [5.41, 5.74) is 0. The lowest BCUT2D eigenvalue weighted by atomic mass is 10.0. The third-order valence-corrected chi connectivity index (χ3v) is 11.1. The Morgan fingerprint density at radius 1 is 0.483 bits per heavy atom. The van der Waals surface area contributed by atoms with Crippen LogP contribution in [0.15, 0.2) is 48.6 Å². The fraction of sp³-hybridized carbons (Fsp3) is 0.808. The number of carbonyl (C=O) groups excluding carboxylic acids is 2. The number of aliphatic hydroxyl groups is 2. The van der Waals surface area contributed by atoms with E-state index < -0.39 is 12.1 Å². The van der Waals surface area contributed by atoms with Gasteiger partial charge in [-0.25, -0.2) is 0 Å². The molecule has 0 fully saturated rings. The number of hydrogen-bond donors (Lipinski definition) is 3. The van der Waals surface area contributed by atoms with Crippen molar-refractivity contribution in [3.63, 3.8) is 0 Å². The van der Waals surface area contributed by atoms with Crippen molar-refractivity contribution < 1.29 is 24.5 Å². The normalized spacial score (nSPS) is 13.1. The zero-order valence-electron chi connectivity index (χ0n) is 38.3. The second-order valence-corrected chi connectivity index (χ2v) is 16.8. The van der Waals surface area contributed by atoms with Crippen LogP contribution >= 0.6 is 0 Å². The maximum atomic E-state index is 12.4. The lowest BCUT2D eigenvalue weighted by Gasteiger charge is -2.22. The van der Waals surface area contributed by atoms with Gasteiger partial charge in [0.15, 0.2) is 0 Å². The monoisotopic (exact) mass is 814 g/mol. The van der Waals surface area contributed by atoms with Crippen LogP contribution in [0, 0.1) is 0 Å². The van der Waals surface area contributed by atoms with Crippen LogP contribution in [0.4, 0.5) is 0 Å². The average molecular weight is 814 g/mol. The van der Waals surface area contributed by atoms with E-state index in [1.807, 2.05) is 6.08 Å². The van der Waals surface area contributed by atoms with Crippen molar-refractivity contribution in [3.05, 3.63) is 48.6 Å². The largest absolute Gasteiger partial charge is 0.466 e. The summed E-state index contributed by atoms with van der Waals surface area (Å²) < 4.78 is 5.44. The highest BCUT2D eigenvalue weighted by Crippen LogP contribution is 2.15. The van der Waals surface area contributed by atoms with E-state index >= 15 is 0 Å². The molecule has 0 rings (SSSR count). The van der Waals surface area contributed by atoms with Crippen LogP contribution in [-0.2, 0) is 14.3 Å². The molecular weight excluding hydrogens is 719 g/mol. The lowest BCUT2D eigenvalue weighted by molar-refractivity contribution is -0.143. The molecule has 2 unspecified atom stereocenters. The van der Waals surface area contributed by atoms with Gasteiger partial charge in [-0.3, -0.25) is 9.59 Å². The molecule has 1 amide bonds. The van der Waals surface area contributed by atoms with Crippen LogP contribution in [0.25, 0.3) is 0 Å². The molecule has 2 atom stereocenters. The maximum absolute atomic E-state index is 12.4. The van der Waals surface area contributed by atoms with Gasteiger partial charge in [0.2, 0.25) is 5.91 Å². The van der Waals surface area contributed by atoms with Crippen molar-refractivity contribution in [1.82, 2.24) is 5.32 Å². The lowest BCUT2D eigenvalue weighted by Crippen LogP contribution is -2.45. The Morgan fingerprint density at radius 3 is 1.40 bits per heavy atom. The number of esters is 1. The van der Waals surface area contributed by atoms with E-state index in [1.54, 1.807) is 0 Å². The van der Waals surface area contributed by atoms with E-state index in [9.17, 15) is 19.8 Å². The average Bonchev–Trinajstić information content (AvgIpc) is 3.22. The van der Waals surface area contributed by atoms with Crippen molar-refractivity contribution in [2.75, 3.05) is 13.2 Å². The molecule has 0 bridgehead atoms. The minimum atomic E-state index is -0.699. The summed E-state index contributed by atoms with van der Waals surface area (Å²) in [4.78, 5) is 24.4. The molecule has 0 aliphatic heterocycles. The highest BCUT2D eigenvalue weighted by molar-refractivity contribution is 5.76. The van der Waals surface area contributed by atoms with Gasteiger partial charge in [0.05, 0.1) is 25.4 Å². The fourth-order valence-corrected chi connectivity index (χ4v) is 7.23. The summed E-state index contributed by atoms with van der Waals surface area (Å²) in [6.45, 7) is 4.83. The van der Waals surface area contributed by atoms with Gasteiger partial charge in [-0.15, -0.1) is 0 Å². The van der Waals surface area contributed by atoms with Gasteiger partial charge in [0, 0.05) is 12.8 Å². The minimum Gasteiger partial charge on any atom is -0.466 e. The van der Waals surface area contributed by atoms with Crippen molar-refractivity contribution >= 4 is 11.9 Å². The second kappa shape index (κ2) is 47.5. The zero-order chi connectivity index (χ0) is 42.3. The first-order valence-corrected chi connectivity index (χ1v) is 24.9. The molecule has 338 valence electrons. The van der Waals surface area contributed by atoms with Crippen LogP contribution in [0.2, 0.25) is 0 Å². The highest BCUT2D eigenvalue weighted by atomic mass is 16.5. The van der Waals surface area contributed by atoms with Crippen molar-refractivity contribution in [1.29, 1.82) is 0 Å². The second-order valence-electron chi connectivity index (χ2n) is 16.8. The number of hydrogen-bond acceptors (Lipinski definition) is 5. The SMILES string of the molecule is CCCC/C=C\C/C=C\CCCCCCCC(=O)OCCCCCCCC/C=C\C/C=C\CCC(=O)NC(CO)C(O)CCCCCCCCCCCCCCCC.